The van der Waals surface area contributed by atoms with Crippen LogP contribution in [0, 0.1) is 24.0 Å². The van der Waals surface area contributed by atoms with Crippen LogP contribution in [0.2, 0.25) is 0 Å². The predicted molar refractivity (Wildman–Crippen MR) is 71.5 cm³/mol. The van der Waals surface area contributed by atoms with E-state index in [-0.39, 0.29) is 29.2 Å². The molecule has 1 aromatic heterocycles. The summed E-state index contributed by atoms with van der Waals surface area (Å²) in [5.74, 6) is -0.335. The first-order valence-corrected chi connectivity index (χ1v) is 7.43. The molecule has 1 atom stereocenters. The first-order chi connectivity index (χ1) is 8.70. The average Bonchev–Trinajstić information content (AvgIpc) is 2.31. The maximum atomic E-state index is 12.0. The third-order valence-corrected chi connectivity index (χ3v) is 5.14. The van der Waals surface area contributed by atoms with Crippen LogP contribution < -0.4 is 5.73 Å². The lowest BCUT2D eigenvalue weighted by atomic mass is 10.1. The fourth-order valence-corrected chi connectivity index (χ4v) is 2.92. The molecule has 0 saturated heterocycles. The standard InChI is InChI=1S/C11H17N3O4S/c1-7-5-13-10(9(3)11(7)14(15)16)6-19(17,18)8(2)4-12/h5,8H,4,6,12H2,1-3H3. The topological polar surface area (TPSA) is 116 Å². The van der Waals surface area contributed by atoms with E-state index in [0.29, 0.717) is 5.56 Å². The van der Waals surface area contributed by atoms with Gasteiger partial charge in [-0.3, -0.25) is 15.1 Å². The predicted octanol–water partition coefficient (Wildman–Crippen LogP) is 0.869. The SMILES string of the molecule is Cc1cnc(CS(=O)(=O)C(C)CN)c(C)c1[N+](=O)[O-]. The molecule has 1 unspecified atom stereocenters. The number of nitro groups is 1. The second-order valence-corrected chi connectivity index (χ2v) is 6.89. The number of rotatable bonds is 5. The molecule has 0 bridgehead atoms. The van der Waals surface area contributed by atoms with Crippen LogP contribution in [0.4, 0.5) is 5.69 Å². The molecule has 0 aliphatic heterocycles. The van der Waals surface area contributed by atoms with Crippen LogP contribution in [0.1, 0.15) is 23.7 Å². The summed E-state index contributed by atoms with van der Waals surface area (Å²) in [6, 6.07) is 0. The highest BCUT2D eigenvalue weighted by molar-refractivity contribution is 7.91. The molecule has 7 nitrogen and oxygen atoms in total. The summed E-state index contributed by atoms with van der Waals surface area (Å²) < 4.78 is 23.9. The number of nitrogens with two attached hydrogens (primary N) is 1. The Morgan fingerprint density at radius 2 is 2.05 bits per heavy atom. The van der Waals surface area contributed by atoms with Crippen molar-refractivity contribution in [2.45, 2.75) is 31.8 Å². The van der Waals surface area contributed by atoms with Gasteiger partial charge in [0.1, 0.15) is 0 Å². The number of pyridine rings is 1. The van der Waals surface area contributed by atoms with Crippen molar-refractivity contribution in [2.75, 3.05) is 6.54 Å². The smallest absolute Gasteiger partial charge is 0.278 e. The van der Waals surface area contributed by atoms with E-state index in [4.69, 9.17) is 5.73 Å². The molecular formula is C11H17N3O4S. The van der Waals surface area contributed by atoms with E-state index in [0.717, 1.165) is 0 Å². The molecule has 1 aromatic rings. The fraction of sp³-hybridized carbons (Fsp3) is 0.545. The molecule has 0 fully saturated rings. The molecule has 19 heavy (non-hydrogen) atoms. The molecule has 1 rings (SSSR count). The molecule has 106 valence electrons. The molecule has 0 amide bonds. The zero-order valence-electron chi connectivity index (χ0n) is 11.1. The van der Waals surface area contributed by atoms with Gasteiger partial charge in [0.2, 0.25) is 0 Å². The highest BCUT2D eigenvalue weighted by Crippen LogP contribution is 2.25. The molecular weight excluding hydrogens is 270 g/mol. The van der Waals surface area contributed by atoms with E-state index in [1.54, 1.807) is 6.92 Å². The number of hydrogen-bond donors (Lipinski definition) is 1. The zero-order chi connectivity index (χ0) is 14.8. The van der Waals surface area contributed by atoms with E-state index >= 15 is 0 Å². The van der Waals surface area contributed by atoms with Crippen LogP contribution in [0.25, 0.3) is 0 Å². The largest absolute Gasteiger partial charge is 0.329 e. The van der Waals surface area contributed by atoms with Crippen LogP contribution >= 0.6 is 0 Å². The molecule has 0 aromatic carbocycles. The lowest BCUT2D eigenvalue weighted by molar-refractivity contribution is -0.386. The second kappa shape index (κ2) is 5.62. The van der Waals surface area contributed by atoms with E-state index in [2.05, 4.69) is 4.98 Å². The van der Waals surface area contributed by atoms with Crippen LogP contribution in [-0.4, -0.2) is 30.1 Å². The number of aryl methyl sites for hydroxylation is 1. The molecule has 0 spiro atoms. The Morgan fingerprint density at radius 1 is 1.47 bits per heavy atom. The lowest BCUT2D eigenvalue weighted by Gasteiger charge is -2.12. The van der Waals surface area contributed by atoms with Gasteiger partial charge in [0, 0.05) is 23.9 Å². The van der Waals surface area contributed by atoms with Gasteiger partial charge in [-0.25, -0.2) is 8.42 Å². The number of nitrogens with zero attached hydrogens (tertiary/aromatic N) is 2. The molecule has 0 radical (unpaired) electrons. The van der Waals surface area contributed by atoms with E-state index in [1.807, 2.05) is 0 Å². The van der Waals surface area contributed by atoms with Gasteiger partial charge in [0.25, 0.3) is 5.69 Å². The summed E-state index contributed by atoms with van der Waals surface area (Å²) in [4.78, 5) is 14.4. The van der Waals surface area contributed by atoms with E-state index in [1.165, 1.54) is 20.0 Å². The van der Waals surface area contributed by atoms with Gasteiger partial charge >= 0.3 is 0 Å². The van der Waals surface area contributed by atoms with Gasteiger partial charge in [-0.15, -0.1) is 0 Å². The van der Waals surface area contributed by atoms with Crippen molar-refractivity contribution in [2.24, 2.45) is 5.73 Å². The Hall–Kier alpha value is -1.54. The van der Waals surface area contributed by atoms with Gasteiger partial charge in [-0.1, -0.05) is 0 Å². The minimum atomic E-state index is -3.45. The lowest BCUT2D eigenvalue weighted by Crippen LogP contribution is -2.28. The third kappa shape index (κ3) is 3.27. The fourth-order valence-electron chi connectivity index (χ4n) is 1.67. The molecule has 0 aliphatic carbocycles. The Labute approximate surface area is 111 Å². The monoisotopic (exact) mass is 287 g/mol. The minimum absolute atomic E-state index is 0.00926. The molecule has 8 heteroatoms. The molecule has 2 N–H and O–H groups in total. The molecule has 0 saturated carbocycles. The van der Waals surface area contributed by atoms with Crippen LogP contribution in [-0.2, 0) is 15.6 Å². The normalized spacial score (nSPS) is 13.3. The average molecular weight is 287 g/mol. The Balaban J connectivity index is 3.25. The van der Waals surface area contributed by atoms with Gasteiger partial charge in [0.05, 0.1) is 21.6 Å². The maximum absolute atomic E-state index is 12.0. The van der Waals surface area contributed by atoms with E-state index in [9.17, 15) is 18.5 Å². The van der Waals surface area contributed by atoms with Crippen molar-refractivity contribution >= 4 is 15.5 Å². The number of aromatic nitrogens is 1. The number of hydrogen-bond acceptors (Lipinski definition) is 6. The van der Waals surface area contributed by atoms with Crippen LogP contribution in [0.3, 0.4) is 0 Å². The van der Waals surface area contributed by atoms with Crippen LogP contribution in [0.15, 0.2) is 6.20 Å². The van der Waals surface area contributed by atoms with Crippen molar-refractivity contribution in [3.05, 3.63) is 33.1 Å². The zero-order valence-corrected chi connectivity index (χ0v) is 11.9. The van der Waals surface area contributed by atoms with Gasteiger partial charge in [-0.05, 0) is 20.8 Å². The van der Waals surface area contributed by atoms with Crippen molar-refractivity contribution in [3.63, 3.8) is 0 Å². The van der Waals surface area contributed by atoms with Crippen LogP contribution in [0.5, 0.6) is 0 Å². The molecule has 0 aliphatic rings. The van der Waals surface area contributed by atoms with Crippen molar-refractivity contribution < 1.29 is 13.3 Å². The summed E-state index contributed by atoms with van der Waals surface area (Å²) >= 11 is 0. The maximum Gasteiger partial charge on any atom is 0.278 e. The summed E-state index contributed by atoms with van der Waals surface area (Å²) in [6.07, 6.45) is 1.32. The van der Waals surface area contributed by atoms with Gasteiger partial charge < -0.3 is 5.73 Å². The summed E-state index contributed by atoms with van der Waals surface area (Å²) in [5.41, 5.74) is 6.17. The highest BCUT2D eigenvalue weighted by Gasteiger charge is 2.25. The second-order valence-electron chi connectivity index (χ2n) is 4.47. The molecule has 1 heterocycles. The Kier molecular flexibility index (Phi) is 4.59. The van der Waals surface area contributed by atoms with Crippen molar-refractivity contribution in [1.29, 1.82) is 0 Å². The van der Waals surface area contributed by atoms with Crippen molar-refractivity contribution in [1.82, 2.24) is 4.98 Å². The van der Waals surface area contributed by atoms with E-state index < -0.39 is 20.0 Å². The highest BCUT2D eigenvalue weighted by atomic mass is 32.2. The summed E-state index contributed by atoms with van der Waals surface area (Å²) in [6.45, 7) is 4.59. The third-order valence-electron chi connectivity index (χ3n) is 3.04. The first-order valence-electron chi connectivity index (χ1n) is 5.71. The Bertz CT molecular complexity index is 598. The van der Waals surface area contributed by atoms with Gasteiger partial charge in [0.15, 0.2) is 9.84 Å². The minimum Gasteiger partial charge on any atom is -0.329 e. The first kappa shape index (κ1) is 15.5. The number of sulfone groups is 1. The quantitative estimate of drug-likeness (QED) is 0.634. The van der Waals surface area contributed by atoms with Gasteiger partial charge in [-0.2, -0.15) is 0 Å². The van der Waals surface area contributed by atoms with Crippen molar-refractivity contribution in [3.8, 4) is 0 Å². The summed E-state index contributed by atoms with van der Waals surface area (Å²) in [5, 5.41) is 10.3. The summed E-state index contributed by atoms with van der Waals surface area (Å²) in [7, 11) is -3.45. The Morgan fingerprint density at radius 3 is 2.53 bits per heavy atom.